The van der Waals surface area contributed by atoms with Crippen molar-refractivity contribution < 1.29 is 0 Å². The molecule has 0 saturated carbocycles. The normalized spacial score (nSPS) is 15.5. The summed E-state index contributed by atoms with van der Waals surface area (Å²) in [6, 6.07) is 13.7. The molecule has 86 valence electrons. The van der Waals surface area contributed by atoms with E-state index in [0.29, 0.717) is 0 Å². The largest absolute Gasteiger partial charge is 0.114 e. The maximum atomic E-state index is 2.47. The van der Waals surface area contributed by atoms with Gasteiger partial charge in [0.1, 0.15) is 8.07 Å². The molecular weight excluding hydrogens is 220 g/mol. The van der Waals surface area contributed by atoms with Gasteiger partial charge in [0.05, 0.1) is 0 Å². The summed E-state index contributed by atoms with van der Waals surface area (Å²) >= 11 is 0. The van der Waals surface area contributed by atoms with E-state index in [1.807, 2.05) is 0 Å². The lowest BCUT2D eigenvalue weighted by molar-refractivity contribution is 1.48. The van der Waals surface area contributed by atoms with Crippen molar-refractivity contribution in [1.82, 2.24) is 0 Å². The van der Waals surface area contributed by atoms with Gasteiger partial charge in [-0.05, 0) is 35.3 Å². The second-order valence-electron chi connectivity index (χ2n) is 5.67. The van der Waals surface area contributed by atoms with Gasteiger partial charge in [-0.15, -0.1) is 0 Å². The van der Waals surface area contributed by atoms with Crippen LogP contribution in [0.1, 0.15) is 11.1 Å². The molecule has 0 unspecified atom stereocenters. The number of hydrogen-bond acceptors (Lipinski definition) is 0. The topological polar surface area (TPSA) is 0 Å². The molecule has 1 heterocycles. The molecule has 0 aromatic heterocycles. The minimum Gasteiger partial charge on any atom is -0.0617 e. The van der Waals surface area contributed by atoms with Gasteiger partial charge in [0, 0.05) is 0 Å². The summed E-state index contributed by atoms with van der Waals surface area (Å²) in [4.78, 5) is 0. The van der Waals surface area contributed by atoms with E-state index in [9.17, 15) is 0 Å². The molecule has 0 nitrogen and oxygen atoms in total. The average molecular weight is 238 g/mol. The van der Waals surface area contributed by atoms with E-state index in [1.165, 1.54) is 22.3 Å². The van der Waals surface area contributed by atoms with Gasteiger partial charge < -0.3 is 0 Å². The number of aryl methyl sites for hydroxylation is 2. The van der Waals surface area contributed by atoms with E-state index in [1.54, 1.807) is 10.4 Å². The van der Waals surface area contributed by atoms with Crippen molar-refractivity contribution in [2.24, 2.45) is 0 Å². The maximum Gasteiger partial charge on any atom is 0.114 e. The van der Waals surface area contributed by atoms with Crippen LogP contribution in [-0.4, -0.2) is 8.07 Å². The SMILES string of the molecule is Cc1ccc2c(c1)-c1cccc(C)c1[Si]2(C)C. The lowest BCUT2D eigenvalue weighted by Gasteiger charge is -2.20. The van der Waals surface area contributed by atoms with Gasteiger partial charge in [-0.25, -0.2) is 0 Å². The van der Waals surface area contributed by atoms with Gasteiger partial charge >= 0.3 is 0 Å². The predicted octanol–water partition coefficient (Wildman–Crippen LogP) is 3.11. The molecular formula is C16H18Si. The molecule has 0 spiro atoms. The van der Waals surface area contributed by atoms with Crippen LogP contribution in [0.4, 0.5) is 0 Å². The first-order valence-electron chi connectivity index (χ1n) is 6.23. The van der Waals surface area contributed by atoms with Crippen molar-refractivity contribution >= 4 is 18.4 Å². The van der Waals surface area contributed by atoms with Gasteiger partial charge in [-0.2, -0.15) is 0 Å². The molecule has 0 saturated heterocycles. The summed E-state index contributed by atoms with van der Waals surface area (Å²) in [6.45, 7) is 9.38. The summed E-state index contributed by atoms with van der Waals surface area (Å²) in [6.07, 6.45) is 0. The van der Waals surface area contributed by atoms with Crippen LogP contribution >= 0.6 is 0 Å². The van der Waals surface area contributed by atoms with E-state index in [0.717, 1.165) is 0 Å². The predicted molar refractivity (Wildman–Crippen MR) is 78.1 cm³/mol. The van der Waals surface area contributed by atoms with Crippen molar-refractivity contribution in [2.75, 3.05) is 0 Å². The molecule has 0 atom stereocenters. The summed E-state index contributed by atoms with van der Waals surface area (Å²) in [5.41, 5.74) is 5.80. The Kier molecular flexibility index (Phi) is 2.11. The summed E-state index contributed by atoms with van der Waals surface area (Å²) in [5, 5.41) is 3.24. The number of fused-ring (bicyclic) bond motifs is 3. The Labute approximate surface area is 104 Å². The maximum absolute atomic E-state index is 2.47. The van der Waals surface area contributed by atoms with Crippen LogP contribution in [-0.2, 0) is 0 Å². The number of hydrogen-bond donors (Lipinski definition) is 0. The molecule has 0 radical (unpaired) electrons. The summed E-state index contributed by atoms with van der Waals surface area (Å²) in [5.74, 6) is 0. The summed E-state index contributed by atoms with van der Waals surface area (Å²) in [7, 11) is -1.45. The van der Waals surface area contributed by atoms with Crippen molar-refractivity contribution in [2.45, 2.75) is 26.9 Å². The molecule has 1 heteroatoms. The molecule has 3 rings (SSSR count). The van der Waals surface area contributed by atoms with Crippen LogP contribution < -0.4 is 10.4 Å². The average Bonchev–Trinajstić information content (AvgIpc) is 2.49. The first-order valence-corrected chi connectivity index (χ1v) is 9.23. The van der Waals surface area contributed by atoms with Crippen LogP contribution in [0.15, 0.2) is 36.4 Å². The highest BCUT2D eigenvalue weighted by atomic mass is 28.3. The highest BCUT2D eigenvalue weighted by Crippen LogP contribution is 2.29. The van der Waals surface area contributed by atoms with Gasteiger partial charge in [0.2, 0.25) is 0 Å². The molecule has 1 aliphatic rings. The van der Waals surface area contributed by atoms with Gasteiger partial charge in [-0.3, -0.25) is 0 Å². The quantitative estimate of drug-likeness (QED) is 0.619. The fraction of sp³-hybridized carbons (Fsp3) is 0.250. The Bertz CT molecular complexity index is 609. The molecule has 0 N–H and O–H groups in total. The molecule has 17 heavy (non-hydrogen) atoms. The summed E-state index contributed by atoms with van der Waals surface area (Å²) < 4.78 is 0. The number of benzene rings is 2. The molecule has 1 aliphatic heterocycles. The van der Waals surface area contributed by atoms with E-state index in [2.05, 4.69) is 63.3 Å². The van der Waals surface area contributed by atoms with Crippen molar-refractivity contribution in [3.63, 3.8) is 0 Å². The van der Waals surface area contributed by atoms with E-state index >= 15 is 0 Å². The Balaban J connectivity index is 2.43. The molecule has 2 aromatic rings. The molecule has 2 aromatic carbocycles. The van der Waals surface area contributed by atoms with Gasteiger partial charge in [0.25, 0.3) is 0 Å². The fourth-order valence-electron chi connectivity index (χ4n) is 3.28. The van der Waals surface area contributed by atoms with Crippen molar-refractivity contribution in [3.05, 3.63) is 47.5 Å². The van der Waals surface area contributed by atoms with E-state index < -0.39 is 8.07 Å². The van der Waals surface area contributed by atoms with Crippen molar-refractivity contribution in [1.29, 1.82) is 0 Å². The van der Waals surface area contributed by atoms with Crippen LogP contribution in [0.5, 0.6) is 0 Å². The van der Waals surface area contributed by atoms with Crippen LogP contribution in [0.3, 0.4) is 0 Å². The van der Waals surface area contributed by atoms with Gasteiger partial charge in [-0.1, -0.05) is 60.6 Å². The van der Waals surface area contributed by atoms with E-state index in [4.69, 9.17) is 0 Å². The molecule has 0 bridgehead atoms. The third kappa shape index (κ3) is 1.35. The Morgan fingerprint density at radius 3 is 2.41 bits per heavy atom. The standard InChI is InChI=1S/C16H18Si/c1-11-8-9-15-14(10-11)13-7-5-6-12(2)16(13)17(15,3)4/h5-10H,1-4H3. The second kappa shape index (κ2) is 3.33. The number of rotatable bonds is 0. The fourth-order valence-corrected chi connectivity index (χ4v) is 6.89. The zero-order chi connectivity index (χ0) is 12.2. The molecule has 0 amide bonds. The van der Waals surface area contributed by atoms with Gasteiger partial charge in [0.15, 0.2) is 0 Å². The third-order valence-electron chi connectivity index (χ3n) is 4.04. The minimum absolute atomic E-state index is 1.36. The minimum atomic E-state index is -1.45. The second-order valence-corrected chi connectivity index (χ2v) is 9.96. The monoisotopic (exact) mass is 238 g/mol. The van der Waals surface area contributed by atoms with Crippen LogP contribution in [0, 0.1) is 13.8 Å². The molecule has 0 fully saturated rings. The molecule has 0 aliphatic carbocycles. The van der Waals surface area contributed by atoms with Crippen LogP contribution in [0.2, 0.25) is 13.1 Å². The zero-order valence-corrected chi connectivity index (χ0v) is 12.0. The first kappa shape index (κ1) is 10.8. The highest BCUT2D eigenvalue weighted by molar-refractivity contribution is 7.04. The Morgan fingerprint density at radius 1 is 0.882 bits per heavy atom. The lowest BCUT2D eigenvalue weighted by atomic mass is 10.0. The smallest absolute Gasteiger partial charge is 0.0617 e. The Hall–Kier alpha value is -1.34. The van der Waals surface area contributed by atoms with E-state index in [-0.39, 0.29) is 0 Å². The van der Waals surface area contributed by atoms with Crippen LogP contribution in [0.25, 0.3) is 11.1 Å². The third-order valence-corrected chi connectivity index (χ3v) is 7.73. The highest BCUT2D eigenvalue weighted by Gasteiger charge is 2.38. The van der Waals surface area contributed by atoms with Crippen molar-refractivity contribution in [3.8, 4) is 11.1 Å². The zero-order valence-electron chi connectivity index (χ0n) is 11.0. The first-order chi connectivity index (χ1) is 8.01. The Morgan fingerprint density at radius 2 is 1.65 bits per heavy atom. The lowest BCUT2D eigenvalue weighted by Crippen LogP contribution is -2.50.